The van der Waals surface area contributed by atoms with Crippen LogP contribution in [0.5, 0.6) is 5.75 Å². The molecule has 0 fully saturated rings. The highest BCUT2D eigenvalue weighted by Gasteiger charge is 2.26. The first kappa shape index (κ1) is 13.6. The van der Waals surface area contributed by atoms with E-state index in [0.29, 0.717) is 0 Å². The number of nitrogens with one attached hydrogen (secondary N) is 1. The van der Waals surface area contributed by atoms with E-state index in [2.05, 4.69) is 4.72 Å². The van der Waals surface area contributed by atoms with E-state index in [0.717, 1.165) is 24.8 Å². The zero-order valence-corrected chi connectivity index (χ0v) is 12.4. The highest BCUT2D eigenvalue weighted by Crippen LogP contribution is 2.34. The van der Waals surface area contributed by atoms with Gasteiger partial charge in [0.25, 0.3) is 0 Å². The number of fused-ring (bicyclic) bond motifs is 1. The van der Waals surface area contributed by atoms with Crippen molar-refractivity contribution in [3.05, 3.63) is 46.2 Å². The van der Waals surface area contributed by atoms with Crippen LogP contribution in [0.25, 0.3) is 0 Å². The largest absolute Gasteiger partial charge is 0.508 e. The number of rotatable bonds is 3. The van der Waals surface area contributed by atoms with Crippen LogP contribution >= 0.6 is 11.3 Å². The van der Waals surface area contributed by atoms with Gasteiger partial charge in [0, 0.05) is 10.9 Å². The summed E-state index contributed by atoms with van der Waals surface area (Å²) in [6.45, 7) is 0. The molecule has 3 rings (SSSR count). The van der Waals surface area contributed by atoms with Gasteiger partial charge in [0.2, 0.25) is 10.0 Å². The van der Waals surface area contributed by atoms with Crippen molar-refractivity contribution < 1.29 is 13.5 Å². The maximum absolute atomic E-state index is 12.4. The highest BCUT2D eigenvalue weighted by atomic mass is 32.2. The van der Waals surface area contributed by atoms with Gasteiger partial charge in [-0.25, -0.2) is 13.1 Å². The number of benzene rings is 1. The lowest BCUT2D eigenvalue weighted by atomic mass is 9.95. The van der Waals surface area contributed by atoms with E-state index in [4.69, 9.17) is 0 Å². The Morgan fingerprint density at radius 1 is 1.20 bits per heavy atom. The molecule has 0 amide bonds. The lowest BCUT2D eigenvalue weighted by Gasteiger charge is -2.23. The van der Waals surface area contributed by atoms with Gasteiger partial charge in [-0.1, -0.05) is 0 Å². The maximum Gasteiger partial charge on any atom is 0.241 e. The molecule has 1 atom stereocenters. The number of phenols is 1. The highest BCUT2D eigenvalue weighted by molar-refractivity contribution is 7.89. The summed E-state index contributed by atoms with van der Waals surface area (Å²) < 4.78 is 27.5. The fraction of sp³-hybridized carbons (Fsp3) is 0.286. The van der Waals surface area contributed by atoms with Crippen LogP contribution < -0.4 is 4.72 Å². The minimum atomic E-state index is -3.55. The Bertz CT molecular complexity index is 704. The molecule has 20 heavy (non-hydrogen) atoms. The average Bonchev–Trinajstić information content (AvgIpc) is 2.88. The average molecular weight is 309 g/mol. The topological polar surface area (TPSA) is 66.4 Å². The molecule has 1 aliphatic rings. The van der Waals surface area contributed by atoms with Crippen LogP contribution in [-0.4, -0.2) is 13.5 Å². The van der Waals surface area contributed by atoms with Gasteiger partial charge in [0.1, 0.15) is 5.75 Å². The molecule has 106 valence electrons. The van der Waals surface area contributed by atoms with Crippen molar-refractivity contribution in [1.82, 2.24) is 4.72 Å². The molecule has 1 unspecified atom stereocenters. The van der Waals surface area contributed by atoms with Crippen LogP contribution in [-0.2, 0) is 16.4 Å². The van der Waals surface area contributed by atoms with E-state index >= 15 is 0 Å². The Balaban J connectivity index is 1.86. The second-order valence-electron chi connectivity index (χ2n) is 4.86. The monoisotopic (exact) mass is 309 g/mol. The van der Waals surface area contributed by atoms with Crippen molar-refractivity contribution in [2.45, 2.75) is 30.2 Å². The van der Waals surface area contributed by atoms with E-state index in [9.17, 15) is 13.5 Å². The Labute approximate surface area is 122 Å². The van der Waals surface area contributed by atoms with Crippen molar-refractivity contribution in [2.24, 2.45) is 0 Å². The van der Waals surface area contributed by atoms with Gasteiger partial charge in [0.05, 0.1) is 4.90 Å². The number of thiophene rings is 1. The van der Waals surface area contributed by atoms with Gasteiger partial charge in [-0.3, -0.25) is 0 Å². The Hall–Kier alpha value is -1.37. The van der Waals surface area contributed by atoms with Crippen molar-refractivity contribution in [2.75, 3.05) is 0 Å². The third-order valence-electron chi connectivity index (χ3n) is 3.50. The second kappa shape index (κ2) is 5.20. The predicted octanol–water partition coefficient (Wildman–Crippen LogP) is 2.81. The third-order valence-corrected chi connectivity index (χ3v) is 5.98. The zero-order chi connectivity index (χ0) is 14.2. The number of aromatic hydroxyl groups is 1. The van der Waals surface area contributed by atoms with Gasteiger partial charge in [-0.15, -0.1) is 11.3 Å². The standard InChI is InChI=1S/C14H15NO3S2/c16-10-4-6-11(7-5-10)20(17,18)15-13-2-1-3-14-12(13)8-9-19-14/h4-9,13,15-16H,1-3H2. The van der Waals surface area contributed by atoms with Crippen molar-refractivity contribution >= 4 is 21.4 Å². The molecule has 2 N–H and O–H groups in total. The molecule has 1 aromatic heterocycles. The first-order valence-electron chi connectivity index (χ1n) is 6.44. The molecule has 0 bridgehead atoms. The van der Waals surface area contributed by atoms with Gasteiger partial charge < -0.3 is 5.11 Å². The minimum absolute atomic E-state index is 0.0572. The molecule has 1 aliphatic carbocycles. The smallest absolute Gasteiger partial charge is 0.241 e. The molecule has 0 radical (unpaired) electrons. The number of phenolic OH excluding ortho intramolecular Hbond substituents is 1. The van der Waals surface area contributed by atoms with Gasteiger partial charge in [-0.2, -0.15) is 0 Å². The number of hydrogen-bond acceptors (Lipinski definition) is 4. The van der Waals surface area contributed by atoms with Gasteiger partial charge in [-0.05, 0) is 60.5 Å². The molecule has 1 heterocycles. The van der Waals surface area contributed by atoms with Crippen LogP contribution in [0.15, 0.2) is 40.6 Å². The Kier molecular flexibility index (Phi) is 3.54. The van der Waals surface area contributed by atoms with Crippen LogP contribution in [0.1, 0.15) is 29.3 Å². The van der Waals surface area contributed by atoms with Crippen LogP contribution in [0.4, 0.5) is 0 Å². The number of aryl methyl sites for hydroxylation is 1. The molecule has 0 spiro atoms. The first-order chi connectivity index (χ1) is 9.56. The molecule has 0 saturated carbocycles. The van der Waals surface area contributed by atoms with E-state index in [-0.39, 0.29) is 16.7 Å². The number of sulfonamides is 1. The van der Waals surface area contributed by atoms with Crippen molar-refractivity contribution in [3.63, 3.8) is 0 Å². The molecule has 0 aliphatic heterocycles. The van der Waals surface area contributed by atoms with Crippen LogP contribution in [0, 0.1) is 0 Å². The summed E-state index contributed by atoms with van der Waals surface area (Å²) in [4.78, 5) is 1.45. The third kappa shape index (κ3) is 2.59. The second-order valence-corrected chi connectivity index (χ2v) is 7.57. The van der Waals surface area contributed by atoms with Crippen LogP contribution in [0.3, 0.4) is 0 Å². The van der Waals surface area contributed by atoms with Crippen LogP contribution in [0.2, 0.25) is 0 Å². The summed E-state index contributed by atoms with van der Waals surface area (Å²) in [5, 5.41) is 11.2. The summed E-state index contributed by atoms with van der Waals surface area (Å²) in [7, 11) is -3.55. The van der Waals surface area contributed by atoms with E-state index in [1.54, 1.807) is 11.3 Å². The molecule has 1 aromatic carbocycles. The van der Waals surface area contributed by atoms with Gasteiger partial charge >= 0.3 is 0 Å². The summed E-state index contributed by atoms with van der Waals surface area (Å²) in [6, 6.07) is 7.44. The lowest BCUT2D eigenvalue weighted by molar-refractivity contribution is 0.474. The van der Waals surface area contributed by atoms with E-state index < -0.39 is 10.0 Å². The lowest BCUT2D eigenvalue weighted by Crippen LogP contribution is -2.30. The fourth-order valence-corrected chi connectivity index (χ4v) is 4.73. The molecule has 6 heteroatoms. The quantitative estimate of drug-likeness (QED) is 0.916. The minimum Gasteiger partial charge on any atom is -0.508 e. The molecule has 4 nitrogen and oxygen atoms in total. The van der Waals surface area contributed by atoms with Crippen molar-refractivity contribution in [3.8, 4) is 5.75 Å². The molecule has 2 aromatic rings. The number of hydrogen-bond donors (Lipinski definition) is 2. The first-order valence-corrected chi connectivity index (χ1v) is 8.80. The molecular weight excluding hydrogens is 294 g/mol. The van der Waals surface area contributed by atoms with Crippen molar-refractivity contribution in [1.29, 1.82) is 0 Å². The van der Waals surface area contributed by atoms with Gasteiger partial charge in [0.15, 0.2) is 0 Å². The molecular formula is C14H15NO3S2. The Morgan fingerprint density at radius 2 is 1.95 bits per heavy atom. The normalized spacial score (nSPS) is 18.7. The summed E-state index contributed by atoms with van der Waals surface area (Å²) in [5.41, 5.74) is 1.10. The summed E-state index contributed by atoms with van der Waals surface area (Å²) in [5.74, 6) is 0.0572. The summed E-state index contributed by atoms with van der Waals surface area (Å²) >= 11 is 1.69. The van der Waals surface area contributed by atoms with E-state index in [1.807, 2.05) is 11.4 Å². The van der Waals surface area contributed by atoms with E-state index in [1.165, 1.54) is 29.1 Å². The summed E-state index contributed by atoms with van der Waals surface area (Å²) in [6.07, 6.45) is 2.85. The molecule has 0 saturated heterocycles. The fourth-order valence-electron chi connectivity index (χ4n) is 2.49. The predicted molar refractivity (Wildman–Crippen MR) is 78.4 cm³/mol. The maximum atomic E-state index is 12.4. The zero-order valence-electron chi connectivity index (χ0n) is 10.7. The SMILES string of the molecule is O=S(=O)(NC1CCCc2sccc21)c1ccc(O)cc1. The Morgan fingerprint density at radius 3 is 2.70 bits per heavy atom.